The van der Waals surface area contributed by atoms with Crippen molar-refractivity contribution in [2.24, 2.45) is 0 Å². The molecule has 0 radical (unpaired) electrons. The van der Waals surface area contributed by atoms with E-state index >= 15 is 0 Å². The fourth-order valence-corrected chi connectivity index (χ4v) is 5.57. The van der Waals surface area contributed by atoms with Crippen LogP contribution in [0.4, 0.5) is 31.1 Å². The van der Waals surface area contributed by atoms with Gasteiger partial charge in [0.1, 0.15) is 11.3 Å². The maximum atomic E-state index is 13.3. The van der Waals surface area contributed by atoms with E-state index in [0.29, 0.717) is 64.5 Å². The normalized spacial score (nSPS) is 18.2. The lowest BCUT2D eigenvalue weighted by Gasteiger charge is -2.32. The topological polar surface area (TPSA) is 97.3 Å². The van der Waals surface area contributed by atoms with Crippen molar-refractivity contribution in [1.29, 1.82) is 0 Å². The Morgan fingerprint density at radius 2 is 1.63 bits per heavy atom. The molecule has 0 aromatic heterocycles. The van der Waals surface area contributed by atoms with Crippen molar-refractivity contribution in [1.82, 2.24) is 10.2 Å². The summed E-state index contributed by atoms with van der Waals surface area (Å²) in [7, 11) is 0. The van der Waals surface area contributed by atoms with E-state index in [2.05, 4.69) is 5.32 Å². The maximum absolute atomic E-state index is 13.3. The van der Waals surface area contributed by atoms with Gasteiger partial charge in [0.25, 0.3) is 11.5 Å². The number of aliphatic hydroxyl groups is 1. The van der Waals surface area contributed by atoms with Crippen molar-refractivity contribution in [2.45, 2.75) is 56.6 Å². The van der Waals surface area contributed by atoms with E-state index in [-0.39, 0.29) is 26.4 Å². The second-order valence-electron chi connectivity index (χ2n) is 11.1. The van der Waals surface area contributed by atoms with Gasteiger partial charge in [-0.1, -0.05) is 55.8 Å². The molecule has 0 saturated carbocycles. The highest BCUT2D eigenvalue weighted by Gasteiger charge is 2.71. The van der Waals surface area contributed by atoms with Crippen LogP contribution in [0.25, 0.3) is 11.1 Å². The summed E-state index contributed by atoms with van der Waals surface area (Å²) in [6.07, 6.45) is -10.6. The van der Waals surface area contributed by atoms with Crippen LogP contribution in [0.2, 0.25) is 0 Å². The molecule has 3 aromatic rings. The largest absolute Gasteiger partial charge is 0.493 e. The third-order valence-electron chi connectivity index (χ3n) is 8.08. The molecule has 46 heavy (non-hydrogen) atoms. The van der Waals surface area contributed by atoms with Crippen LogP contribution < -0.4 is 19.5 Å². The van der Waals surface area contributed by atoms with Crippen molar-refractivity contribution >= 4 is 11.9 Å². The van der Waals surface area contributed by atoms with Crippen LogP contribution >= 0.6 is 0 Å². The summed E-state index contributed by atoms with van der Waals surface area (Å²) in [5.41, 5.74) is -5.63. The summed E-state index contributed by atoms with van der Waals surface area (Å²) in [4.78, 5) is 27.2. The number of imide groups is 1. The molecule has 3 amide bonds. The van der Waals surface area contributed by atoms with Gasteiger partial charge in [0, 0.05) is 17.7 Å². The first kappa shape index (κ1) is 32.9. The Morgan fingerprint density at radius 1 is 0.957 bits per heavy atom. The molecular formula is C32H30F6N2O6. The average Bonchev–Trinajstić information content (AvgIpc) is 3.56. The van der Waals surface area contributed by atoms with Crippen molar-refractivity contribution < 1.29 is 55.2 Å². The Labute approximate surface area is 259 Å². The van der Waals surface area contributed by atoms with E-state index in [1.54, 1.807) is 43.3 Å². The number of alkyl halides is 6. The molecule has 3 aromatic carbocycles. The Hall–Kier alpha value is -4.46. The van der Waals surface area contributed by atoms with Crippen LogP contribution in [0.3, 0.4) is 0 Å². The molecule has 1 unspecified atom stereocenters. The fourth-order valence-electron chi connectivity index (χ4n) is 5.57. The number of urea groups is 1. The number of rotatable bonds is 10. The number of amides is 3. The highest BCUT2D eigenvalue weighted by Crippen LogP contribution is 2.50. The first-order valence-electron chi connectivity index (χ1n) is 14.4. The van der Waals surface area contributed by atoms with Gasteiger partial charge >= 0.3 is 18.4 Å². The molecule has 0 spiro atoms. The number of fused-ring (bicyclic) bond motifs is 1. The van der Waals surface area contributed by atoms with Gasteiger partial charge in [-0.15, -0.1) is 0 Å². The Balaban J connectivity index is 1.28. The number of halogens is 6. The van der Waals surface area contributed by atoms with Crippen molar-refractivity contribution in [3.05, 3.63) is 77.4 Å². The number of nitrogens with one attached hydrogen (secondary N) is 1. The van der Waals surface area contributed by atoms with Crippen LogP contribution in [0.1, 0.15) is 43.4 Å². The predicted molar refractivity (Wildman–Crippen MR) is 152 cm³/mol. The number of benzene rings is 3. The number of carbonyl (C=O) groups is 2. The molecule has 2 N–H and O–H groups in total. The third-order valence-corrected chi connectivity index (χ3v) is 8.08. The van der Waals surface area contributed by atoms with E-state index in [1.807, 2.05) is 6.92 Å². The van der Waals surface area contributed by atoms with Crippen LogP contribution in [0.15, 0.2) is 60.7 Å². The molecule has 2 heterocycles. The number of hydrogen-bond acceptors (Lipinski definition) is 6. The third kappa shape index (κ3) is 5.70. The second kappa shape index (κ2) is 12.0. The molecule has 1 saturated heterocycles. The average molecular weight is 653 g/mol. The van der Waals surface area contributed by atoms with Crippen LogP contribution in [0, 0.1) is 0 Å². The summed E-state index contributed by atoms with van der Waals surface area (Å²) in [6.45, 7) is 3.71. The molecule has 1 atom stereocenters. The molecule has 0 aliphatic carbocycles. The fraction of sp³-hybridized carbons (Fsp3) is 0.375. The summed E-state index contributed by atoms with van der Waals surface area (Å²) >= 11 is 0. The molecule has 0 bridgehead atoms. The lowest BCUT2D eigenvalue weighted by atomic mass is 9.89. The molecule has 2 aliphatic rings. The first-order chi connectivity index (χ1) is 21.6. The lowest BCUT2D eigenvalue weighted by molar-refractivity contribution is -0.376. The van der Waals surface area contributed by atoms with E-state index in [4.69, 9.17) is 14.2 Å². The Morgan fingerprint density at radius 3 is 2.28 bits per heavy atom. The zero-order valence-corrected chi connectivity index (χ0v) is 24.7. The highest BCUT2D eigenvalue weighted by atomic mass is 19.4. The van der Waals surface area contributed by atoms with Crippen LogP contribution in [-0.2, 0) is 22.4 Å². The summed E-state index contributed by atoms with van der Waals surface area (Å²) in [6, 6.07) is 12.8. The Bertz CT molecular complexity index is 1610. The maximum Gasteiger partial charge on any atom is 0.430 e. The van der Waals surface area contributed by atoms with Gasteiger partial charge in [-0.25, -0.2) is 4.79 Å². The predicted octanol–water partition coefficient (Wildman–Crippen LogP) is 6.58. The van der Waals surface area contributed by atoms with Gasteiger partial charge in [0.2, 0.25) is 6.79 Å². The molecule has 5 rings (SSSR count). The number of nitrogens with zero attached hydrogens (tertiary/aromatic N) is 1. The second-order valence-corrected chi connectivity index (χ2v) is 11.1. The monoisotopic (exact) mass is 652 g/mol. The van der Waals surface area contributed by atoms with Gasteiger partial charge in [0.05, 0.1) is 6.61 Å². The SMILES string of the molecule is CCCc1c(OCCCN2C(=O)NC(C)(c3ccc4c(c3)OCO4)C2=O)cccc1-c1ccc(C(O)(C(F)(F)F)C(F)(F)F)cc1. The smallest absolute Gasteiger partial charge is 0.430 e. The first-order valence-corrected chi connectivity index (χ1v) is 14.4. The van der Waals surface area contributed by atoms with Crippen LogP contribution in [-0.4, -0.2) is 54.2 Å². The summed E-state index contributed by atoms with van der Waals surface area (Å²) in [5.74, 6) is 0.999. The summed E-state index contributed by atoms with van der Waals surface area (Å²) in [5, 5.41) is 12.5. The lowest BCUT2D eigenvalue weighted by Crippen LogP contribution is -2.53. The Kier molecular flexibility index (Phi) is 8.62. The standard InChI is InChI=1S/C32H30F6N2O6/c1-3-6-23-22(19-9-11-20(12-10-19)30(43,31(33,34)35)32(36,37)38)7-4-8-24(23)44-16-5-15-40-27(41)29(2,39-28(40)42)21-13-14-25-26(17-21)46-18-45-25/h4,7-14,17,43H,3,5-6,15-16,18H2,1-2H3,(H,39,42). The number of carbonyl (C=O) groups excluding carboxylic acids is 2. The molecule has 2 aliphatic heterocycles. The van der Waals surface area contributed by atoms with E-state index in [1.165, 1.54) is 0 Å². The minimum Gasteiger partial charge on any atom is -0.493 e. The van der Waals surface area contributed by atoms with Crippen molar-refractivity contribution in [2.75, 3.05) is 19.9 Å². The molecule has 1 fully saturated rings. The van der Waals surface area contributed by atoms with Gasteiger partial charge in [0.15, 0.2) is 11.5 Å². The van der Waals surface area contributed by atoms with E-state index in [0.717, 1.165) is 17.0 Å². The minimum absolute atomic E-state index is 0.0520. The zero-order valence-electron chi connectivity index (χ0n) is 24.7. The zero-order chi connectivity index (χ0) is 33.5. The van der Waals surface area contributed by atoms with Gasteiger partial charge in [-0.2, -0.15) is 26.3 Å². The van der Waals surface area contributed by atoms with E-state index < -0.39 is 41.0 Å². The summed E-state index contributed by atoms with van der Waals surface area (Å²) < 4.78 is 96.7. The van der Waals surface area contributed by atoms with Gasteiger partial charge < -0.3 is 24.6 Å². The molecule has 8 nitrogen and oxygen atoms in total. The van der Waals surface area contributed by atoms with Gasteiger partial charge in [-0.3, -0.25) is 9.69 Å². The van der Waals surface area contributed by atoms with Crippen molar-refractivity contribution in [3.63, 3.8) is 0 Å². The van der Waals surface area contributed by atoms with Gasteiger partial charge in [-0.05, 0) is 54.7 Å². The van der Waals surface area contributed by atoms with Crippen LogP contribution in [0.5, 0.6) is 17.2 Å². The van der Waals surface area contributed by atoms with Crippen molar-refractivity contribution in [3.8, 4) is 28.4 Å². The quantitative estimate of drug-likeness (QED) is 0.146. The highest BCUT2D eigenvalue weighted by molar-refractivity contribution is 6.07. The molecular weight excluding hydrogens is 622 g/mol. The minimum atomic E-state index is -5.99. The van der Waals surface area contributed by atoms with E-state index in [9.17, 15) is 41.0 Å². The number of ether oxygens (including phenoxy) is 3. The molecule has 14 heteroatoms. The molecule has 246 valence electrons. The number of hydrogen-bond donors (Lipinski definition) is 2.